The fourth-order valence-electron chi connectivity index (χ4n) is 3.55. The van der Waals surface area contributed by atoms with Crippen molar-refractivity contribution < 1.29 is 14.3 Å². The lowest BCUT2D eigenvalue weighted by atomic mass is 9.86. The quantitative estimate of drug-likeness (QED) is 0.880. The molecule has 1 aliphatic heterocycles. The Hall–Kier alpha value is -1.81. The van der Waals surface area contributed by atoms with Crippen LogP contribution in [0, 0.1) is 0 Å². The van der Waals surface area contributed by atoms with E-state index < -0.39 is 5.60 Å². The third-order valence-corrected chi connectivity index (χ3v) is 4.82. The van der Waals surface area contributed by atoms with Crippen molar-refractivity contribution in [2.24, 2.45) is 0 Å². The van der Waals surface area contributed by atoms with E-state index in [-0.39, 0.29) is 12.4 Å². The smallest absolute Gasteiger partial charge is 0.308 e. The van der Waals surface area contributed by atoms with Crippen LogP contribution in [0.15, 0.2) is 18.2 Å². The third-order valence-electron chi connectivity index (χ3n) is 4.82. The Labute approximate surface area is 130 Å². The molecule has 2 aromatic rings. The number of fused-ring (bicyclic) bond motifs is 3. The second-order valence-electron chi connectivity index (χ2n) is 5.87. The van der Waals surface area contributed by atoms with E-state index in [4.69, 9.17) is 9.47 Å². The number of aromatic nitrogens is 1. The number of carbonyl (C=O) groups excluding carboxylic acids is 1. The highest BCUT2D eigenvalue weighted by atomic mass is 16.5. The maximum Gasteiger partial charge on any atom is 0.308 e. The van der Waals surface area contributed by atoms with Gasteiger partial charge in [-0.05, 0) is 30.4 Å². The number of carbonyl (C=O) groups is 1. The van der Waals surface area contributed by atoms with E-state index in [0.717, 1.165) is 25.0 Å². The molecule has 0 saturated carbocycles. The van der Waals surface area contributed by atoms with Crippen LogP contribution in [0.2, 0.25) is 0 Å². The average molecular weight is 301 g/mol. The molecule has 0 amide bonds. The molecule has 0 spiro atoms. The van der Waals surface area contributed by atoms with Crippen molar-refractivity contribution in [1.29, 1.82) is 0 Å². The molecule has 1 aromatic carbocycles. The second kappa shape index (κ2) is 5.76. The molecule has 1 aromatic heterocycles. The number of ether oxygens (including phenoxy) is 2. The number of aromatic amines is 1. The van der Waals surface area contributed by atoms with E-state index in [2.05, 4.69) is 37.0 Å². The Morgan fingerprint density at radius 1 is 1.41 bits per heavy atom. The van der Waals surface area contributed by atoms with Crippen LogP contribution >= 0.6 is 0 Å². The number of methoxy groups -OCH3 is 1. The van der Waals surface area contributed by atoms with Gasteiger partial charge in [-0.15, -0.1) is 0 Å². The number of para-hydroxylation sites is 1. The highest BCUT2D eigenvalue weighted by Crippen LogP contribution is 2.42. The molecule has 1 N–H and O–H groups in total. The van der Waals surface area contributed by atoms with Crippen LogP contribution in [0.1, 0.15) is 43.5 Å². The Morgan fingerprint density at radius 3 is 2.91 bits per heavy atom. The van der Waals surface area contributed by atoms with Gasteiger partial charge in [0.1, 0.15) is 5.60 Å². The molecule has 4 heteroatoms. The standard InChI is InChI=1S/C18H23NO3/c1-4-12-7-6-8-13-14-9-10-22-18(5-2,11-15(20)21-3)17(14)19-16(12)13/h6-8,19H,4-5,9-11H2,1-3H3. The zero-order chi connectivity index (χ0) is 15.7. The molecule has 3 rings (SSSR count). The summed E-state index contributed by atoms with van der Waals surface area (Å²) in [6, 6.07) is 6.42. The van der Waals surface area contributed by atoms with E-state index in [0.29, 0.717) is 6.61 Å². The molecule has 4 nitrogen and oxygen atoms in total. The van der Waals surface area contributed by atoms with Crippen LogP contribution in [0.25, 0.3) is 10.9 Å². The number of benzene rings is 1. The first-order valence-corrected chi connectivity index (χ1v) is 7.99. The number of hydrogen-bond acceptors (Lipinski definition) is 3. The molecule has 1 aliphatic rings. The summed E-state index contributed by atoms with van der Waals surface area (Å²) in [5.74, 6) is -0.232. The van der Waals surface area contributed by atoms with Crippen molar-refractivity contribution >= 4 is 16.9 Å². The van der Waals surface area contributed by atoms with Gasteiger partial charge in [0.2, 0.25) is 0 Å². The third kappa shape index (κ3) is 2.22. The number of esters is 1. The predicted molar refractivity (Wildman–Crippen MR) is 85.9 cm³/mol. The van der Waals surface area contributed by atoms with Gasteiger partial charge in [0, 0.05) is 10.9 Å². The van der Waals surface area contributed by atoms with Crippen molar-refractivity contribution in [3.05, 3.63) is 35.0 Å². The van der Waals surface area contributed by atoms with Crippen LogP contribution < -0.4 is 0 Å². The normalized spacial score (nSPS) is 20.9. The van der Waals surface area contributed by atoms with E-state index >= 15 is 0 Å². The van der Waals surface area contributed by atoms with Gasteiger partial charge in [0.05, 0.1) is 25.8 Å². The van der Waals surface area contributed by atoms with Gasteiger partial charge in [-0.25, -0.2) is 0 Å². The largest absolute Gasteiger partial charge is 0.469 e. The lowest BCUT2D eigenvalue weighted by Crippen LogP contribution is -2.37. The van der Waals surface area contributed by atoms with E-state index in [1.165, 1.54) is 29.1 Å². The summed E-state index contributed by atoms with van der Waals surface area (Å²) < 4.78 is 11.0. The first-order chi connectivity index (χ1) is 10.6. The Morgan fingerprint density at radius 2 is 2.23 bits per heavy atom. The van der Waals surface area contributed by atoms with Crippen LogP contribution in [0.5, 0.6) is 0 Å². The summed E-state index contributed by atoms with van der Waals surface area (Å²) in [5, 5.41) is 1.26. The van der Waals surface area contributed by atoms with Crippen LogP contribution in [0.3, 0.4) is 0 Å². The van der Waals surface area contributed by atoms with E-state index in [9.17, 15) is 4.79 Å². The predicted octanol–water partition coefficient (Wildman–Crippen LogP) is 3.47. The molecule has 0 fully saturated rings. The van der Waals surface area contributed by atoms with Gasteiger partial charge in [-0.1, -0.05) is 32.0 Å². The molecular weight excluding hydrogens is 278 g/mol. The van der Waals surface area contributed by atoms with Crippen LogP contribution in [0.4, 0.5) is 0 Å². The number of hydrogen-bond donors (Lipinski definition) is 1. The maximum absolute atomic E-state index is 11.9. The summed E-state index contributed by atoms with van der Waals surface area (Å²) in [7, 11) is 1.43. The Bertz CT molecular complexity index is 704. The lowest BCUT2D eigenvalue weighted by Gasteiger charge is -2.35. The average Bonchev–Trinajstić information content (AvgIpc) is 2.94. The zero-order valence-electron chi connectivity index (χ0n) is 13.5. The highest BCUT2D eigenvalue weighted by molar-refractivity contribution is 5.88. The zero-order valence-corrected chi connectivity index (χ0v) is 13.5. The monoisotopic (exact) mass is 301 g/mol. The number of H-pyrrole nitrogens is 1. The summed E-state index contributed by atoms with van der Waals surface area (Å²) in [6.07, 6.45) is 2.85. The first kappa shape index (κ1) is 15.1. The summed E-state index contributed by atoms with van der Waals surface area (Å²) in [6.45, 7) is 4.86. The van der Waals surface area contributed by atoms with Crippen molar-refractivity contribution in [1.82, 2.24) is 4.98 Å². The molecular formula is C18H23NO3. The minimum atomic E-state index is -0.593. The minimum absolute atomic E-state index is 0.232. The molecule has 0 radical (unpaired) electrons. The second-order valence-corrected chi connectivity index (χ2v) is 5.87. The van der Waals surface area contributed by atoms with Gasteiger partial charge < -0.3 is 14.5 Å². The molecule has 1 unspecified atom stereocenters. The molecule has 118 valence electrons. The Balaban J connectivity index is 2.18. The number of nitrogens with one attached hydrogen (secondary N) is 1. The van der Waals surface area contributed by atoms with Gasteiger partial charge in [-0.2, -0.15) is 0 Å². The summed E-state index contributed by atoms with van der Waals surface area (Å²) in [5.41, 5.74) is 4.24. The molecule has 22 heavy (non-hydrogen) atoms. The summed E-state index contributed by atoms with van der Waals surface area (Å²) >= 11 is 0. The van der Waals surface area contributed by atoms with Crippen LogP contribution in [-0.4, -0.2) is 24.7 Å². The first-order valence-electron chi connectivity index (χ1n) is 7.99. The van der Waals surface area contributed by atoms with Crippen molar-refractivity contribution in [2.45, 2.75) is 45.1 Å². The van der Waals surface area contributed by atoms with E-state index in [1.54, 1.807) is 0 Å². The van der Waals surface area contributed by atoms with Gasteiger partial charge in [-0.3, -0.25) is 4.79 Å². The SMILES string of the molecule is CCc1cccc2c3c([nH]c12)C(CC)(CC(=O)OC)OCC3. The number of aryl methyl sites for hydroxylation is 1. The highest BCUT2D eigenvalue weighted by Gasteiger charge is 2.41. The minimum Gasteiger partial charge on any atom is -0.469 e. The molecule has 0 bridgehead atoms. The van der Waals surface area contributed by atoms with Gasteiger partial charge in [0.15, 0.2) is 0 Å². The fourth-order valence-corrected chi connectivity index (χ4v) is 3.55. The molecule has 2 heterocycles. The fraction of sp³-hybridized carbons (Fsp3) is 0.500. The molecule has 0 aliphatic carbocycles. The van der Waals surface area contributed by atoms with Gasteiger partial charge >= 0.3 is 5.97 Å². The van der Waals surface area contributed by atoms with Crippen molar-refractivity contribution in [3.8, 4) is 0 Å². The maximum atomic E-state index is 11.9. The number of rotatable bonds is 4. The topological polar surface area (TPSA) is 51.3 Å². The molecule has 1 atom stereocenters. The lowest BCUT2D eigenvalue weighted by molar-refractivity contribution is -0.152. The van der Waals surface area contributed by atoms with E-state index in [1.807, 2.05) is 0 Å². The van der Waals surface area contributed by atoms with Crippen molar-refractivity contribution in [3.63, 3.8) is 0 Å². The summed E-state index contributed by atoms with van der Waals surface area (Å²) in [4.78, 5) is 15.5. The van der Waals surface area contributed by atoms with Crippen LogP contribution in [-0.2, 0) is 32.7 Å². The van der Waals surface area contributed by atoms with Gasteiger partial charge in [0.25, 0.3) is 0 Å². The van der Waals surface area contributed by atoms with Crippen molar-refractivity contribution in [2.75, 3.05) is 13.7 Å². The molecule has 0 saturated heterocycles. The Kier molecular flexibility index (Phi) is 3.96.